The van der Waals surface area contributed by atoms with Crippen LogP contribution in [0.1, 0.15) is 5.56 Å². The second-order valence-electron chi connectivity index (χ2n) is 2.35. The summed E-state index contributed by atoms with van der Waals surface area (Å²) >= 11 is 5.76. The van der Waals surface area contributed by atoms with Gasteiger partial charge < -0.3 is 0 Å². The summed E-state index contributed by atoms with van der Waals surface area (Å²) in [6, 6.07) is 7.54. The van der Waals surface area contributed by atoms with E-state index in [9.17, 15) is 4.79 Å². The molecule has 1 nitrogen and oxygen atoms in total. The van der Waals surface area contributed by atoms with E-state index in [0.29, 0.717) is 0 Å². The van der Waals surface area contributed by atoms with E-state index in [-0.39, 0.29) is 0 Å². The highest BCUT2D eigenvalue weighted by Crippen LogP contribution is 2.10. The zero-order valence-electron chi connectivity index (χ0n) is 6.46. The Morgan fingerprint density at radius 3 is 3.00 bits per heavy atom. The van der Waals surface area contributed by atoms with Crippen LogP contribution >= 0.6 is 11.6 Å². The van der Waals surface area contributed by atoms with Gasteiger partial charge in [-0.1, -0.05) is 29.8 Å². The minimum atomic E-state index is 0.718. The summed E-state index contributed by atoms with van der Waals surface area (Å²) in [5, 5.41) is 0.719. The van der Waals surface area contributed by atoms with Crippen LogP contribution in [0, 0.1) is 0 Å². The minimum absolute atomic E-state index is 0.718. The monoisotopic (exact) mass is 179 g/mol. The van der Waals surface area contributed by atoms with Crippen LogP contribution in [-0.2, 0) is 11.2 Å². The van der Waals surface area contributed by atoms with Crippen molar-refractivity contribution in [2.45, 2.75) is 6.42 Å². The molecule has 1 aromatic carbocycles. The fourth-order valence-electron chi connectivity index (χ4n) is 0.907. The largest absolute Gasteiger partial charge is 0.286 e. The van der Waals surface area contributed by atoms with Gasteiger partial charge in [0.15, 0.2) is 0 Å². The zero-order chi connectivity index (χ0) is 8.81. The van der Waals surface area contributed by atoms with Gasteiger partial charge >= 0.3 is 0 Å². The lowest BCUT2D eigenvalue weighted by atomic mass is 10.1. The van der Waals surface area contributed by atoms with Gasteiger partial charge in [-0.2, -0.15) is 0 Å². The first-order valence-electron chi connectivity index (χ1n) is 3.60. The normalized spacial score (nSPS) is 10.4. The molecular weight excluding hydrogens is 172 g/mol. The molecule has 0 saturated heterocycles. The Bertz CT molecular complexity index is 292. The quantitative estimate of drug-likeness (QED) is 0.652. The Kier molecular flexibility index (Phi) is 3.55. The number of halogens is 1. The van der Waals surface area contributed by atoms with E-state index >= 15 is 0 Å². The van der Waals surface area contributed by atoms with Crippen molar-refractivity contribution >= 4 is 17.9 Å². The molecule has 0 atom stereocenters. The van der Waals surface area contributed by atoms with Crippen molar-refractivity contribution in [2.24, 2.45) is 0 Å². The van der Waals surface area contributed by atoms with Crippen LogP contribution in [0.5, 0.6) is 0 Å². The summed E-state index contributed by atoms with van der Waals surface area (Å²) in [4.78, 5) is 9.82. The number of benzene rings is 1. The Labute approximate surface area is 76.7 Å². The molecule has 0 fully saturated rings. The van der Waals surface area contributed by atoms with Crippen LogP contribution in [-0.4, -0.2) is 6.29 Å². The van der Waals surface area contributed by atoms with Crippen molar-refractivity contribution in [3.63, 3.8) is 0 Å². The zero-order valence-corrected chi connectivity index (χ0v) is 7.21. The van der Waals surface area contributed by atoms with Gasteiger partial charge in [-0.15, -0.1) is 0 Å². The van der Waals surface area contributed by atoms with Gasteiger partial charge in [-0.3, -0.25) is 4.79 Å². The maximum Gasteiger partial charge on any atom is 0.225 e. The highest BCUT2D eigenvalue weighted by atomic mass is 35.5. The van der Waals surface area contributed by atoms with Crippen molar-refractivity contribution in [3.05, 3.63) is 47.0 Å². The third kappa shape index (κ3) is 2.89. The van der Waals surface area contributed by atoms with Crippen molar-refractivity contribution in [1.82, 2.24) is 0 Å². The summed E-state index contributed by atoms with van der Waals surface area (Å²) < 4.78 is 0. The SMILES string of the molecule is O=[C]/C=C/Cc1cccc(Cl)c1. The number of hydrogen-bond acceptors (Lipinski definition) is 1. The van der Waals surface area contributed by atoms with Gasteiger partial charge in [0.05, 0.1) is 0 Å². The van der Waals surface area contributed by atoms with Gasteiger partial charge in [-0.25, -0.2) is 0 Å². The predicted octanol–water partition coefficient (Wildman–Crippen LogP) is 2.55. The van der Waals surface area contributed by atoms with Crippen molar-refractivity contribution in [2.75, 3.05) is 0 Å². The van der Waals surface area contributed by atoms with Crippen LogP contribution in [0.25, 0.3) is 0 Å². The molecule has 1 radical (unpaired) electrons. The Morgan fingerprint density at radius 2 is 2.33 bits per heavy atom. The van der Waals surface area contributed by atoms with Gasteiger partial charge in [-0.05, 0) is 30.2 Å². The predicted molar refractivity (Wildman–Crippen MR) is 50.0 cm³/mol. The molecule has 1 rings (SSSR count). The lowest BCUT2D eigenvalue weighted by molar-refractivity contribution is 0.564. The van der Waals surface area contributed by atoms with Crippen molar-refractivity contribution < 1.29 is 4.79 Å². The molecule has 1 aromatic rings. The molecular formula is C10H8ClO. The van der Waals surface area contributed by atoms with E-state index in [2.05, 4.69) is 0 Å². The molecule has 0 bridgehead atoms. The summed E-state index contributed by atoms with van der Waals surface area (Å²) in [7, 11) is 0. The van der Waals surface area contributed by atoms with E-state index in [1.807, 2.05) is 24.3 Å². The van der Waals surface area contributed by atoms with E-state index in [0.717, 1.165) is 17.0 Å². The van der Waals surface area contributed by atoms with E-state index < -0.39 is 0 Å². The van der Waals surface area contributed by atoms with E-state index in [1.54, 1.807) is 12.4 Å². The average molecular weight is 180 g/mol. The maximum atomic E-state index is 9.82. The fourth-order valence-corrected chi connectivity index (χ4v) is 1.12. The summed E-state index contributed by atoms with van der Waals surface area (Å²) in [6.07, 6.45) is 5.52. The van der Waals surface area contributed by atoms with Gasteiger partial charge in [0.2, 0.25) is 6.29 Å². The number of allylic oxidation sites excluding steroid dienone is 2. The molecule has 12 heavy (non-hydrogen) atoms. The third-order valence-corrected chi connectivity index (χ3v) is 1.66. The molecule has 0 spiro atoms. The second kappa shape index (κ2) is 4.73. The molecule has 0 aliphatic carbocycles. The number of hydrogen-bond donors (Lipinski definition) is 0. The fraction of sp³-hybridized carbons (Fsp3) is 0.100. The highest BCUT2D eigenvalue weighted by molar-refractivity contribution is 6.30. The molecule has 0 unspecified atom stereocenters. The van der Waals surface area contributed by atoms with Crippen LogP contribution in [0.2, 0.25) is 5.02 Å². The van der Waals surface area contributed by atoms with Crippen LogP contribution in [0.15, 0.2) is 36.4 Å². The van der Waals surface area contributed by atoms with Crippen LogP contribution in [0.3, 0.4) is 0 Å². The summed E-state index contributed by atoms with van der Waals surface area (Å²) in [6.45, 7) is 0. The standard InChI is InChI=1S/C10H8ClO/c11-10-6-3-5-9(8-10)4-1-2-7-12/h1-3,5-6,8H,4H2/b2-1+. The molecule has 0 aliphatic rings. The van der Waals surface area contributed by atoms with Crippen LogP contribution < -0.4 is 0 Å². The van der Waals surface area contributed by atoms with Gasteiger partial charge in [0.25, 0.3) is 0 Å². The summed E-state index contributed by atoms with van der Waals surface area (Å²) in [5.41, 5.74) is 1.09. The molecule has 0 aliphatic heterocycles. The Morgan fingerprint density at radius 1 is 1.50 bits per heavy atom. The Hall–Kier alpha value is -1.08. The molecule has 2 heteroatoms. The Balaban J connectivity index is 2.63. The molecule has 0 saturated carbocycles. The molecule has 0 N–H and O–H groups in total. The van der Waals surface area contributed by atoms with E-state index in [4.69, 9.17) is 11.6 Å². The molecule has 0 amide bonds. The van der Waals surface area contributed by atoms with E-state index in [1.165, 1.54) is 6.08 Å². The lowest BCUT2D eigenvalue weighted by Gasteiger charge is -1.95. The second-order valence-corrected chi connectivity index (χ2v) is 2.79. The van der Waals surface area contributed by atoms with Crippen LogP contribution in [0.4, 0.5) is 0 Å². The van der Waals surface area contributed by atoms with Crippen molar-refractivity contribution in [1.29, 1.82) is 0 Å². The third-order valence-electron chi connectivity index (χ3n) is 1.43. The minimum Gasteiger partial charge on any atom is -0.286 e. The highest BCUT2D eigenvalue weighted by Gasteiger charge is 1.89. The van der Waals surface area contributed by atoms with Gasteiger partial charge in [0, 0.05) is 5.02 Å². The first kappa shape index (κ1) is 9.01. The number of carbonyl (C=O) groups excluding carboxylic acids is 1. The molecule has 0 aromatic heterocycles. The maximum absolute atomic E-state index is 9.82. The smallest absolute Gasteiger partial charge is 0.225 e. The lowest BCUT2D eigenvalue weighted by Crippen LogP contribution is -1.79. The first-order valence-corrected chi connectivity index (χ1v) is 3.98. The molecule has 61 valence electrons. The topological polar surface area (TPSA) is 17.1 Å². The summed E-state index contributed by atoms with van der Waals surface area (Å²) in [5.74, 6) is 0. The first-order chi connectivity index (χ1) is 5.83. The van der Waals surface area contributed by atoms with Crippen molar-refractivity contribution in [3.8, 4) is 0 Å². The number of rotatable bonds is 3. The average Bonchev–Trinajstić information content (AvgIpc) is 2.05. The molecule has 0 heterocycles. The van der Waals surface area contributed by atoms with Gasteiger partial charge in [0.1, 0.15) is 0 Å².